The van der Waals surface area contributed by atoms with Gasteiger partial charge in [-0.2, -0.15) is 0 Å². The normalized spacial score (nSPS) is 11.4. The summed E-state index contributed by atoms with van der Waals surface area (Å²) in [5, 5.41) is 16.9. The molecular formula is C12H15N3O4S. The van der Waals surface area contributed by atoms with Crippen LogP contribution in [-0.4, -0.2) is 33.2 Å². The molecule has 2 aromatic rings. The molecule has 0 radical (unpaired) electrons. The number of hydrogen-bond donors (Lipinski definition) is 4. The van der Waals surface area contributed by atoms with E-state index in [1.165, 1.54) is 11.3 Å². The Morgan fingerprint density at radius 1 is 1.30 bits per heavy atom. The van der Waals surface area contributed by atoms with Gasteiger partial charge >= 0.3 is 11.9 Å². The van der Waals surface area contributed by atoms with Gasteiger partial charge < -0.3 is 21.7 Å². The topological polar surface area (TPSA) is 140 Å². The lowest BCUT2D eigenvalue weighted by atomic mass is 10.2. The third-order valence-corrected chi connectivity index (χ3v) is 3.16. The summed E-state index contributed by atoms with van der Waals surface area (Å²) in [5.41, 5.74) is 11.5. The zero-order chi connectivity index (χ0) is 15.1. The first-order chi connectivity index (χ1) is 9.40. The standard InChI is InChI=1S/C7H6N2S.C5H9NO4/c8-7-9-5-3-1-2-4-6(5)10-7;6-3(5(9)10)1-2-4(7)8/h1-4H,(H2,8,9);3H,1-2,6H2,(H,7,8)(H,9,10). The molecule has 1 aromatic heterocycles. The van der Waals surface area contributed by atoms with Crippen molar-refractivity contribution in [3.05, 3.63) is 24.3 Å². The molecule has 1 heterocycles. The van der Waals surface area contributed by atoms with Crippen molar-refractivity contribution in [3.8, 4) is 0 Å². The number of aromatic nitrogens is 1. The summed E-state index contributed by atoms with van der Waals surface area (Å²) in [6.45, 7) is 0. The summed E-state index contributed by atoms with van der Waals surface area (Å²) >= 11 is 1.52. The number of nitrogens with zero attached hydrogens (tertiary/aromatic N) is 1. The van der Waals surface area contributed by atoms with E-state index < -0.39 is 18.0 Å². The van der Waals surface area contributed by atoms with Crippen molar-refractivity contribution in [2.75, 3.05) is 5.73 Å². The van der Waals surface area contributed by atoms with Crippen molar-refractivity contribution in [3.63, 3.8) is 0 Å². The number of carboxylic acid groups (broad SMARTS) is 2. The number of rotatable bonds is 4. The lowest BCUT2D eigenvalue weighted by Gasteiger charge is -2.01. The summed E-state index contributed by atoms with van der Waals surface area (Å²) in [6, 6.07) is 6.86. The van der Waals surface area contributed by atoms with E-state index in [9.17, 15) is 9.59 Å². The van der Waals surface area contributed by atoms with Gasteiger partial charge in [-0.25, -0.2) is 4.98 Å². The highest BCUT2D eigenvalue weighted by molar-refractivity contribution is 7.22. The van der Waals surface area contributed by atoms with Gasteiger partial charge in [-0.1, -0.05) is 23.5 Å². The highest BCUT2D eigenvalue weighted by Gasteiger charge is 2.12. The molecule has 20 heavy (non-hydrogen) atoms. The number of benzene rings is 1. The van der Waals surface area contributed by atoms with E-state index in [2.05, 4.69) is 4.98 Å². The van der Waals surface area contributed by atoms with Gasteiger partial charge in [0.2, 0.25) is 0 Å². The number of carboxylic acids is 2. The van der Waals surface area contributed by atoms with Crippen LogP contribution in [0.4, 0.5) is 5.13 Å². The molecule has 1 unspecified atom stereocenters. The number of fused-ring (bicyclic) bond motifs is 1. The van der Waals surface area contributed by atoms with Gasteiger partial charge in [0, 0.05) is 6.42 Å². The lowest BCUT2D eigenvalue weighted by Crippen LogP contribution is -2.30. The number of nitrogen functional groups attached to an aromatic ring is 1. The minimum atomic E-state index is -1.17. The van der Waals surface area contributed by atoms with Gasteiger partial charge in [0.25, 0.3) is 0 Å². The van der Waals surface area contributed by atoms with E-state index in [1.807, 2.05) is 24.3 Å². The second kappa shape index (κ2) is 7.41. The molecule has 0 bridgehead atoms. The van der Waals surface area contributed by atoms with Gasteiger partial charge in [0.05, 0.1) is 10.2 Å². The molecule has 0 spiro atoms. The first kappa shape index (κ1) is 15.9. The number of nitrogens with two attached hydrogens (primary N) is 2. The molecule has 108 valence electrons. The van der Waals surface area contributed by atoms with Crippen LogP contribution < -0.4 is 11.5 Å². The van der Waals surface area contributed by atoms with Crippen LogP contribution in [0, 0.1) is 0 Å². The number of carbonyl (C=O) groups is 2. The summed E-state index contributed by atoms with van der Waals surface area (Å²) in [4.78, 5) is 24.0. The smallest absolute Gasteiger partial charge is 0.320 e. The Morgan fingerprint density at radius 3 is 2.50 bits per heavy atom. The van der Waals surface area contributed by atoms with E-state index in [1.54, 1.807) is 0 Å². The average Bonchev–Trinajstić information content (AvgIpc) is 2.76. The molecule has 1 atom stereocenters. The van der Waals surface area contributed by atoms with E-state index in [0.717, 1.165) is 10.2 Å². The van der Waals surface area contributed by atoms with Crippen LogP contribution in [0.25, 0.3) is 10.2 Å². The van der Waals surface area contributed by atoms with Crippen molar-refractivity contribution >= 4 is 38.6 Å². The second-order valence-electron chi connectivity index (χ2n) is 3.90. The zero-order valence-corrected chi connectivity index (χ0v) is 11.3. The molecule has 0 saturated heterocycles. The van der Waals surface area contributed by atoms with Crippen LogP contribution in [0.2, 0.25) is 0 Å². The number of thiazole rings is 1. The molecule has 2 rings (SSSR count). The third-order valence-electron chi connectivity index (χ3n) is 2.30. The van der Waals surface area contributed by atoms with Crippen molar-refractivity contribution in [1.82, 2.24) is 4.98 Å². The Kier molecular flexibility index (Phi) is 5.88. The van der Waals surface area contributed by atoms with Crippen molar-refractivity contribution < 1.29 is 19.8 Å². The van der Waals surface area contributed by atoms with Crippen molar-refractivity contribution in [2.45, 2.75) is 18.9 Å². The molecule has 1 aromatic carbocycles. The predicted octanol–water partition coefficient (Wildman–Crippen LogP) is 1.14. The number of para-hydroxylation sites is 1. The molecule has 0 saturated carbocycles. The van der Waals surface area contributed by atoms with Crippen LogP contribution in [-0.2, 0) is 9.59 Å². The summed E-state index contributed by atoms with van der Waals surface area (Å²) in [6.07, 6.45) is -0.224. The molecule has 0 aliphatic rings. The Morgan fingerprint density at radius 2 is 1.95 bits per heavy atom. The van der Waals surface area contributed by atoms with Gasteiger partial charge in [-0.15, -0.1) is 0 Å². The molecule has 0 aliphatic heterocycles. The van der Waals surface area contributed by atoms with E-state index in [0.29, 0.717) is 5.13 Å². The molecule has 8 heteroatoms. The molecule has 6 N–H and O–H groups in total. The second-order valence-corrected chi connectivity index (χ2v) is 4.96. The minimum absolute atomic E-state index is 0.0231. The Balaban J connectivity index is 0.000000200. The maximum Gasteiger partial charge on any atom is 0.320 e. The number of anilines is 1. The molecule has 0 amide bonds. The summed E-state index contributed by atoms with van der Waals surface area (Å²) in [7, 11) is 0. The van der Waals surface area contributed by atoms with Crippen LogP contribution in [0.5, 0.6) is 0 Å². The molecule has 0 fully saturated rings. The van der Waals surface area contributed by atoms with Crippen molar-refractivity contribution in [2.24, 2.45) is 5.73 Å². The average molecular weight is 297 g/mol. The molecule has 7 nitrogen and oxygen atoms in total. The third kappa shape index (κ3) is 5.21. The minimum Gasteiger partial charge on any atom is -0.481 e. The Hall–Kier alpha value is -2.19. The SMILES string of the molecule is NC(CCC(=O)O)C(=O)O.Nc1nc2ccccc2s1. The quantitative estimate of drug-likeness (QED) is 0.663. The maximum atomic E-state index is 9.99. The highest BCUT2D eigenvalue weighted by Crippen LogP contribution is 2.22. The summed E-state index contributed by atoms with van der Waals surface area (Å²) < 4.78 is 1.15. The number of aliphatic carboxylic acids is 2. The van der Waals surface area contributed by atoms with Crippen LogP contribution in [0.1, 0.15) is 12.8 Å². The Bertz CT molecular complexity index is 566. The predicted molar refractivity (Wildman–Crippen MR) is 76.5 cm³/mol. The fourth-order valence-corrected chi connectivity index (χ4v) is 2.03. The van der Waals surface area contributed by atoms with Gasteiger partial charge in [0.15, 0.2) is 5.13 Å². The van der Waals surface area contributed by atoms with E-state index >= 15 is 0 Å². The zero-order valence-electron chi connectivity index (χ0n) is 10.5. The monoisotopic (exact) mass is 297 g/mol. The lowest BCUT2D eigenvalue weighted by molar-refractivity contribution is -0.139. The van der Waals surface area contributed by atoms with Gasteiger partial charge in [0.1, 0.15) is 6.04 Å². The van der Waals surface area contributed by atoms with Crippen molar-refractivity contribution in [1.29, 1.82) is 0 Å². The van der Waals surface area contributed by atoms with Gasteiger partial charge in [-0.3, -0.25) is 9.59 Å². The summed E-state index contributed by atoms with van der Waals surface area (Å²) in [5.74, 6) is -2.20. The van der Waals surface area contributed by atoms with Crippen LogP contribution in [0.15, 0.2) is 24.3 Å². The van der Waals surface area contributed by atoms with Crippen LogP contribution in [0.3, 0.4) is 0 Å². The number of hydrogen-bond acceptors (Lipinski definition) is 6. The highest BCUT2D eigenvalue weighted by atomic mass is 32.1. The fraction of sp³-hybridized carbons (Fsp3) is 0.250. The fourth-order valence-electron chi connectivity index (χ4n) is 1.29. The van der Waals surface area contributed by atoms with Crippen LogP contribution >= 0.6 is 11.3 Å². The van der Waals surface area contributed by atoms with Gasteiger partial charge in [-0.05, 0) is 18.6 Å². The van der Waals surface area contributed by atoms with E-state index in [-0.39, 0.29) is 12.8 Å². The Labute approximate surface area is 118 Å². The first-order valence-corrected chi connectivity index (χ1v) is 6.53. The maximum absolute atomic E-state index is 9.99. The molecule has 0 aliphatic carbocycles. The largest absolute Gasteiger partial charge is 0.481 e. The first-order valence-electron chi connectivity index (χ1n) is 5.71. The molecular weight excluding hydrogens is 282 g/mol. The van der Waals surface area contributed by atoms with E-state index in [4.69, 9.17) is 21.7 Å².